The molecule has 0 saturated heterocycles. The number of ether oxygens (including phenoxy) is 1. The summed E-state index contributed by atoms with van der Waals surface area (Å²) in [5, 5.41) is 3.91. The van der Waals surface area contributed by atoms with E-state index in [1.807, 2.05) is 30.3 Å². The number of hydrogen-bond donors (Lipinski definition) is 1. The topological polar surface area (TPSA) is 21.3 Å². The smallest absolute Gasteiger partial charge is 0.123 e. The lowest BCUT2D eigenvalue weighted by molar-refractivity contribution is 0.316. The molecule has 184 valence electrons. The van der Waals surface area contributed by atoms with Gasteiger partial charge in [0, 0.05) is 17.6 Å². The average Bonchev–Trinajstić information content (AvgIpc) is 2.88. The van der Waals surface area contributed by atoms with E-state index >= 15 is 0 Å². The van der Waals surface area contributed by atoms with Crippen molar-refractivity contribution in [3.63, 3.8) is 0 Å². The Morgan fingerprint density at radius 2 is 1.69 bits per heavy atom. The molecule has 0 aliphatic carbocycles. The fourth-order valence-electron chi connectivity index (χ4n) is 4.62. The number of nitrogens with one attached hydrogen (secondary N) is 1. The highest BCUT2D eigenvalue weighted by Gasteiger charge is 2.22. The standard InChI is InChI=1S/C32H38FNO/c1-6-23(2)11-10-14-31(24(3)21-26-12-8-7-9-13-26)34-25(4)30-22-28(17-20-32(30)35-5)27-15-18-29(33)19-16-27/h6-9,12-13,15-20,22,24-25,31,34H,1-2,10-11,14,21H2,3-5H3/t24-,25-,31-/m0/s1. The van der Waals surface area contributed by atoms with Crippen LogP contribution in [-0.2, 0) is 6.42 Å². The van der Waals surface area contributed by atoms with Crippen LogP contribution in [0.2, 0.25) is 0 Å². The molecule has 0 aliphatic rings. The van der Waals surface area contributed by atoms with Crippen molar-refractivity contribution in [3.8, 4) is 16.9 Å². The lowest BCUT2D eigenvalue weighted by Gasteiger charge is -2.30. The maximum atomic E-state index is 13.4. The molecule has 0 unspecified atom stereocenters. The van der Waals surface area contributed by atoms with Crippen molar-refractivity contribution in [3.05, 3.63) is 115 Å². The molecule has 0 aromatic heterocycles. The molecule has 0 heterocycles. The Labute approximate surface area is 210 Å². The zero-order valence-electron chi connectivity index (χ0n) is 21.3. The second-order valence-electron chi connectivity index (χ2n) is 9.38. The van der Waals surface area contributed by atoms with Gasteiger partial charge in [0.05, 0.1) is 7.11 Å². The second-order valence-corrected chi connectivity index (χ2v) is 9.38. The van der Waals surface area contributed by atoms with Crippen molar-refractivity contribution >= 4 is 0 Å². The van der Waals surface area contributed by atoms with Crippen LogP contribution in [-0.4, -0.2) is 13.2 Å². The maximum absolute atomic E-state index is 13.4. The van der Waals surface area contributed by atoms with E-state index < -0.39 is 0 Å². The highest BCUT2D eigenvalue weighted by Crippen LogP contribution is 2.32. The summed E-state index contributed by atoms with van der Waals surface area (Å²) in [6.07, 6.45) is 5.93. The third kappa shape index (κ3) is 7.66. The molecule has 3 aromatic rings. The predicted molar refractivity (Wildman–Crippen MR) is 146 cm³/mol. The molecule has 0 radical (unpaired) electrons. The zero-order valence-corrected chi connectivity index (χ0v) is 21.3. The first-order valence-electron chi connectivity index (χ1n) is 12.4. The van der Waals surface area contributed by atoms with Crippen LogP contribution in [0.15, 0.2) is 97.6 Å². The Morgan fingerprint density at radius 3 is 2.34 bits per heavy atom. The minimum absolute atomic E-state index is 0.0798. The number of hydrogen-bond acceptors (Lipinski definition) is 2. The van der Waals surface area contributed by atoms with Crippen molar-refractivity contribution in [2.45, 2.75) is 51.6 Å². The fourth-order valence-corrected chi connectivity index (χ4v) is 4.62. The highest BCUT2D eigenvalue weighted by molar-refractivity contribution is 5.66. The lowest BCUT2D eigenvalue weighted by atomic mass is 9.89. The zero-order chi connectivity index (χ0) is 25.2. The normalized spacial score (nSPS) is 13.6. The molecule has 3 rings (SSSR count). The molecule has 2 nitrogen and oxygen atoms in total. The van der Waals surface area contributed by atoms with Gasteiger partial charge in [-0.3, -0.25) is 0 Å². The molecule has 35 heavy (non-hydrogen) atoms. The van der Waals surface area contributed by atoms with Crippen LogP contribution < -0.4 is 10.1 Å². The summed E-state index contributed by atoms with van der Waals surface area (Å²) in [5.74, 6) is 1.07. The number of benzene rings is 3. The molecule has 3 heteroatoms. The van der Waals surface area contributed by atoms with Crippen LogP contribution >= 0.6 is 0 Å². The summed E-state index contributed by atoms with van der Waals surface area (Å²) in [6.45, 7) is 12.4. The van der Waals surface area contributed by atoms with Crippen molar-refractivity contribution < 1.29 is 9.13 Å². The van der Waals surface area contributed by atoms with Crippen molar-refractivity contribution in [1.29, 1.82) is 0 Å². The third-order valence-corrected chi connectivity index (χ3v) is 6.73. The molecule has 0 aliphatic heterocycles. The van der Waals surface area contributed by atoms with Gasteiger partial charge in [0.25, 0.3) is 0 Å². The number of halogens is 1. The Bertz CT molecular complexity index is 1090. The summed E-state index contributed by atoms with van der Waals surface area (Å²) in [5.41, 5.74) is 5.57. The largest absolute Gasteiger partial charge is 0.496 e. The highest BCUT2D eigenvalue weighted by atomic mass is 19.1. The van der Waals surface area contributed by atoms with E-state index in [4.69, 9.17) is 4.74 Å². The Kier molecular flexibility index (Phi) is 9.86. The van der Waals surface area contributed by atoms with Gasteiger partial charge >= 0.3 is 0 Å². The van der Waals surface area contributed by atoms with E-state index in [0.29, 0.717) is 12.0 Å². The molecular weight excluding hydrogens is 433 g/mol. The van der Waals surface area contributed by atoms with Gasteiger partial charge in [0.1, 0.15) is 11.6 Å². The third-order valence-electron chi connectivity index (χ3n) is 6.73. The van der Waals surface area contributed by atoms with Crippen molar-refractivity contribution in [2.75, 3.05) is 7.11 Å². The summed E-state index contributed by atoms with van der Waals surface area (Å²) in [4.78, 5) is 0. The van der Waals surface area contributed by atoms with Crippen LogP contribution in [0.1, 0.15) is 50.3 Å². The minimum atomic E-state index is -0.230. The Hall–Kier alpha value is -3.17. The van der Waals surface area contributed by atoms with Gasteiger partial charge in [-0.2, -0.15) is 0 Å². The number of allylic oxidation sites excluding steroid dienone is 2. The molecule has 3 atom stereocenters. The summed E-state index contributed by atoms with van der Waals surface area (Å²) in [6, 6.07) is 23.9. The predicted octanol–water partition coefficient (Wildman–Crippen LogP) is 8.31. The fraction of sp³-hybridized carbons (Fsp3) is 0.312. The molecule has 3 aromatic carbocycles. The summed E-state index contributed by atoms with van der Waals surface area (Å²) < 4.78 is 19.2. The van der Waals surface area contributed by atoms with Crippen LogP contribution in [0.5, 0.6) is 5.75 Å². The van der Waals surface area contributed by atoms with E-state index in [9.17, 15) is 4.39 Å². The van der Waals surface area contributed by atoms with Crippen molar-refractivity contribution in [2.24, 2.45) is 5.92 Å². The number of rotatable bonds is 13. The van der Waals surface area contributed by atoms with Gasteiger partial charge in [-0.1, -0.05) is 80.3 Å². The average molecular weight is 472 g/mol. The van der Waals surface area contributed by atoms with E-state index in [0.717, 1.165) is 53.7 Å². The molecule has 1 N–H and O–H groups in total. The first kappa shape index (κ1) is 26.4. The van der Waals surface area contributed by atoms with Gasteiger partial charge in [-0.05, 0) is 79.5 Å². The number of methoxy groups -OCH3 is 1. The molecule has 0 bridgehead atoms. The SMILES string of the molecule is C=CC(=C)CCC[C@H](N[C@@H](C)c1cc(-c2ccc(F)cc2)ccc1OC)[C@@H](C)Cc1ccccc1. The molecular formula is C32H38FNO. The van der Waals surface area contributed by atoms with E-state index in [1.165, 1.54) is 17.7 Å². The molecule has 0 fully saturated rings. The van der Waals surface area contributed by atoms with E-state index in [2.05, 4.69) is 68.7 Å². The van der Waals surface area contributed by atoms with Crippen molar-refractivity contribution in [1.82, 2.24) is 5.32 Å². The summed E-state index contributed by atoms with van der Waals surface area (Å²) >= 11 is 0. The van der Waals surface area contributed by atoms with Crippen LogP contribution in [0.25, 0.3) is 11.1 Å². The second kappa shape index (κ2) is 13.1. The monoisotopic (exact) mass is 471 g/mol. The van der Waals surface area contributed by atoms with E-state index in [1.54, 1.807) is 7.11 Å². The molecule has 0 spiro atoms. The van der Waals surface area contributed by atoms with Gasteiger partial charge in [-0.25, -0.2) is 4.39 Å². The minimum Gasteiger partial charge on any atom is -0.496 e. The van der Waals surface area contributed by atoms with Crippen LogP contribution in [0.4, 0.5) is 4.39 Å². The quantitative estimate of drug-likeness (QED) is 0.253. The van der Waals surface area contributed by atoms with Gasteiger partial charge in [0.2, 0.25) is 0 Å². The van der Waals surface area contributed by atoms with Gasteiger partial charge in [-0.15, -0.1) is 0 Å². The Balaban J connectivity index is 1.81. The van der Waals surface area contributed by atoms with E-state index in [-0.39, 0.29) is 11.9 Å². The first-order valence-corrected chi connectivity index (χ1v) is 12.4. The molecule has 0 saturated carbocycles. The summed E-state index contributed by atoms with van der Waals surface area (Å²) in [7, 11) is 1.71. The maximum Gasteiger partial charge on any atom is 0.123 e. The van der Waals surface area contributed by atoms with Crippen LogP contribution in [0.3, 0.4) is 0 Å². The van der Waals surface area contributed by atoms with Crippen LogP contribution in [0, 0.1) is 11.7 Å². The lowest BCUT2D eigenvalue weighted by Crippen LogP contribution is -2.38. The van der Waals surface area contributed by atoms with Gasteiger partial charge < -0.3 is 10.1 Å². The Morgan fingerprint density at radius 1 is 1.00 bits per heavy atom. The molecule has 0 amide bonds. The first-order chi connectivity index (χ1) is 16.9. The van der Waals surface area contributed by atoms with Gasteiger partial charge in [0.15, 0.2) is 0 Å².